The molecule has 0 saturated carbocycles. The fraction of sp³-hybridized carbons (Fsp3) is 0.179. The van der Waals surface area contributed by atoms with Crippen LogP contribution < -0.4 is 19.7 Å². The van der Waals surface area contributed by atoms with Crippen LogP contribution in [0, 0.1) is 0 Å². The van der Waals surface area contributed by atoms with Crippen molar-refractivity contribution < 1.29 is 23.9 Å². The number of hydrogen-bond acceptors (Lipinski definition) is 5. The van der Waals surface area contributed by atoms with E-state index in [4.69, 9.17) is 9.47 Å². The highest BCUT2D eigenvalue weighted by Gasteiger charge is 2.37. The topological polar surface area (TPSA) is 84.9 Å². The normalized spacial score (nSPS) is 14.7. The summed E-state index contributed by atoms with van der Waals surface area (Å²) < 4.78 is 12.6. The van der Waals surface area contributed by atoms with Crippen molar-refractivity contribution in [3.05, 3.63) is 94.0 Å². The van der Waals surface area contributed by atoms with Crippen molar-refractivity contribution in [1.29, 1.82) is 0 Å². The number of ether oxygens (including phenoxy) is 2. The van der Waals surface area contributed by atoms with Crippen LogP contribution in [0.3, 0.4) is 0 Å². The maximum atomic E-state index is 13.3. The molecule has 0 atom stereocenters. The molecule has 3 aromatic carbocycles. The summed E-state index contributed by atoms with van der Waals surface area (Å²) in [6.07, 6.45) is 3.39. The van der Waals surface area contributed by atoms with E-state index in [1.54, 1.807) is 42.5 Å². The number of benzene rings is 3. The minimum Gasteiger partial charge on any atom is -0.494 e. The molecular weight excluding hydrogens is 524 g/mol. The molecule has 1 heterocycles. The van der Waals surface area contributed by atoms with Crippen LogP contribution in [0.2, 0.25) is 0 Å². The zero-order valence-electron chi connectivity index (χ0n) is 19.7. The first-order valence-corrected chi connectivity index (χ1v) is 12.4. The zero-order valence-corrected chi connectivity index (χ0v) is 21.3. The number of hydrogen-bond donors (Lipinski definition) is 1. The number of amides is 4. The average molecular weight is 549 g/mol. The number of unbranched alkanes of at least 4 members (excludes halogenated alkanes) is 1. The molecule has 0 radical (unpaired) electrons. The maximum absolute atomic E-state index is 13.3. The van der Waals surface area contributed by atoms with Crippen molar-refractivity contribution in [1.82, 2.24) is 5.32 Å². The molecule has 0 bridgehead atoms. The van der Waals surface area contributed by atoms with Gasteiger partial charge in [-0.1, -0.05) is 59.6 Å². The Labute approximate surface area is 217 Å². The number of imide groups is 2. The third-order valence-electron chi connectivity index (χ3n) is 5.49. The first-order valence-electron chi connectivity index (χ1n) is 11.6. The predicted octanol–water partition coefficient (Wildman–Crippen LogP) is 5.87. The van der Waals surface area contributed by atoms with Gasteiger partial charge < -0.3 is 9.47 Å². The number of carbonyl (C=O) groups is 3. The van der Waals surface area contributed by atoms with Crippen LogP contribution in [0.5, 0.6) is 11.5 Å². The second-order valence-corrected chi connectivity index (χ2v) is 9.02. The van der Waals surface area contributed by atoms with E-state index in [-0.39, 0.29) is 5.57 Å². The van der Waals surface area contributed by atoms with Crippen molar-refractivity contribution in [2.75, 3.05) is 11.5 Å². The monoisotopic (exact) mass is 548 g/mol. The number of urea groups is 1. The van der Waals surface area contributed by atoms with E-state index in [0.29, 0.717) is 36.0 Å². The maximum Gasteiger partial charge on any atom is 0.335 e. The predicted molar refractivity (Wildman–Crippen MR) is 141 cm³/mol. The third kappa shape index (κ3) is 6.01. The summed E-state index contributed by atoms with van der Waals surface area (Å²) >= 11 is 3.41. The summed E-state index contributed by atoms with van der Waals surface area (Å²) in [5.41, 5.74) is 1.67. The number of nitrogens with one attached hydrogen (secondary N) is 1. The average Bonchev–Trinajstić information content (AvgIpc) is 2.88. The van der Waals surface area contributed by atoms with Crippen LogP contribution in [0.15, 0.2) is 82.8 Å². The minimum atomic E-state index is -0.804. The Bertz CT molecular complexity index is 1290. The molecule has 184 valence electrons. The number of rotatable bonds is 9. The number of carbonyl (C=O) groups excluding carboxylic acids is 3. The Hall–Kier alpha value is -3.91. The van der Waals surface area contributed by atoms with Gasteiger partial charge in [-0.05, 0) is 60.5 Å². The molecule has 4 rings (SSSR count). The molecule has 3 aromatic rings. The third-order valence-corrected chi connectivity index (χ3v) is 6.02. The Morgan fingerprint density at radius 1 is 0.917 bits per heavy atom. The lowest BCUT2D eigenvalue weighted by molar-refractivity contribution is -0.122. The molecule has 4 amide bonds. The summed E-state index contributed by atoms with van der Waals surface area (Å²) in [5, 5.41) is 2.25. The fourth-order valence-corrected chi connectivity index (χ4v) is 3.81. The number of barbiturate groups is 1. The quantitative estimate of drug-likeness (QED) is 0.205. The van der Waals surface area contributed by atoms with Crippen molar-refractivity contribution in [3.8, 4) is 11.5 Å². The molecule has 1 aliphatic heterocycles. The van der Waals surface area contributed by atoms with E-state index in [9.17, 15) is 14.4 Å². The molecule has 0 spiro atoms. The molecule has 0 unspecified atom stereocenters. The number of anilines is 1. The van der Waals surface area contributed by atoms with Crippen molar-refractivity contribution in [3.63, 3.8) is 0 Å². The van der Waals surface area contributed by atoms with Crippen molar-refractivity contribution in [2.45, 2.75) is 26.4 Å². The van der Waals surface area contributed by atoms with Gasteiger partial charge in [0.1, 0.15) is 23.7 Å². The van der Waals surface area contributed by atoms with E-state index in [1.807, 2.05) is 30.3 Å². The van der Waals surface area contributed by atoms with Crippen LogP contribution in [-0.2, 0) is 16.2 Å². The first kappa shape index (κ1) is 25.2. The molecule has 0 aliphatic carbocycles. The molecule has 1 N–H and O–H groups in total. The lowest BCUT2D eigenvalue weighted by Crippen LogP contribution is -2.54. The Balaban J connectivity index is 1.55. The van der Waals surface area contributed by atoms with Gasteiger partial charge in [-0.25, -0.2) is 9.69 Å². The Morgan fingerprint density at radius 3 is 2.36 bits per heavy atom. The molecule has 36 heavy (non-hydrogen) atoms. The highest BCUT2D eigenvalue weighted by Crippen LogP contribution is 2.27. The molecule has 0 aromatic heterocycles. The van der Waals surface area contributed by atoms with E-state index >= 15 is 0 Å². The number of halogens is 1. The van der Waals surface area contributed by atoms with E-state index in [2.05, 4.69) is 28.2 Å². The van der Waals surface area contributed by atoms with Gasteiger partial charge in [0.25, 0.3) is 11.8 Å². The van der Waals surface area contributed by atoms with Gasteiger partial charge in [0, 0.05) is 10.0 Å². The van der Waals surface area contributed by atoms with Crippen LogP contribution in [0.25, 0.3) is 6.08 Å². The molecule has 1 fully saturated rings. The van der Waals surface area contributed by atoms with Crippen LogP contribution >= 0.6 is 15.9 Å². The Kier molecular flexibility index (Phi) is 8.17. The van der Waals surface area contributed by atoms with Crippen LogP contribution in [-0.4, -0.2) is 24.5 Å². The second-order valence-electron chi connectivity index (χ2n) is 8.11. The van der Waals surface area contributed by atoms with Gasteiger partial charge in [0.05, 0.1) is 12.3 Å². The van der Waals surface area contributed by atoms with Gasteiger partial charge in [-0.15, -0.1) is 0 Å². The lowest BCUT2D eigenvalue weighted by Gasteiger charge is -2.26. The molecule has 1 aliphatic rings. The highest BCUT2D eigenvalue weighted by molar-refractivity contribution is 9.10. The molecule has 7 nitrogen and oxygen atoms in total. The Morgan fingerprint density at radius 2 is 1.64 bits per heavy atom. The molecular formula is C28H25BrN2O5. The second kappa shape index (κ2) is 11.7. The SMILES string of the molecule is CCCCOc1ccc(N2C(=O)NC(=O)/C(=C/c3ccccc3OCc3ccc(Br)cc3)C2=O)cc1. The first-order chi connectivity index (χ1) is 17.5. The lowest BCUT2D eigenvalue weighted by atomic mass is 10.1. The number of nitrogens with zero attached hydrogens (tertiary/aromatic N) is 1. The number of para-hydroxylation sites is 1. The smallest absolute Gasteiger partial charge is 0.335 e. The summed E-state index contributed by atoms with van der Waals surface area (Å²) in [6.45, 7) is 2.97. The van der Waals surface area contributed by atoms with Crippen molar-refractivity contribution >= 4 is 45.5 Å². The summed E-state index contributed by atoms with van der Waals surface area (Å²) in [6, 6.07) is 20.6. The van der Waals surface area contributed by atoms with Gasteiger partial charge in [-0.3, -0.25) is 14.9 Å². The zero-order chi connectivity index (χ0) is 25.5. The van der Waals surface area contributed by atoms with Gasteiger partial charge in [0.15, 0.2) is 0 Å². The van der Waals surface area contributed by atoms with Crippen LogP contribution in [0.4, 0.5) is 10.5 Å². The highest BCUT2D eigenvalue weighted by atomic mass is 79.9. The van der Waals surface area contributed by atoms with Crippen LogP contribution in [0.1, 0.15) is 30.9 Å². The van der Waals surface area contributed by atoms with E-state index < -0.39 is 17.8 Å². The summed E-state index contributed by atoms with van der Waals surface area (Å²) in [5.74, 6) is -0.332. The minimum absolute atomic E-state index is 0.169. The molecule has 8 heteroatoms. The van der Waals surface area contributed by atoms with Gasteiger partial charge >= 0.3 is 6.03 Å². The summed E-state index contributed by atoms with van der Waals surface area (Å²) in [7, 11) is 0. The summed E-state index contributed by atoms with van der Waals surface area (Å²) in [4.78, 5) is 39.4. The largest absolute Gasteiger partial charge is 0.494 e. The fourth-order valence-electron chi connectivity index (χ4n) is 3.55. The van der Waals surface area contributed by atoms with E-state index in [0.717, 1.165) is 27.8 Å². The van der Waals surface area contributed by atoms with Gasteiger partial charge in [0.2, 0.25) is 0 Å². The molecule has 1 saturated heterocycles. The van der Waals surface area contributed by atoms with Gasteiger partial charge in [-0.2, -0.15) is 0 Å². The standard InChI is InChI=1S/C28H25BrN2O5/c1-2-3-16-35-23-14-12-22(13-15-23)31-27(33)24(26(32)30-28(31)34)17-20-6-4-5-7-25(20)36-18-19-8-10-21(29)11-9-19/h4-15,17H,2-3,16,18H2,1H3,(H,30,32,34)/b24-17-. The van der Waals surface area contributed by atoms with Crippen molar-refractivity contribution in [2.24, 2.45) is 0 Å². The van der Waals surface area contributed by atoms with E-state index in [1.165, 1.54) is 6.08 Å².